The van der Waals surface area contributed by atoms with Crippen molar-refractivity contribution in [1.29, 1.82) is 0 Å². The second-order valence-electron chi connectivity index (χ2n) is 3.41. The highest BCUT2D eigenvalue weighted by Gasteiger charge is 2.40. The first-order valence-corrected chi connectivity index (χ1v) is 5.76. The molecule has 2 aliphatic heterocycles. The molecule has 3 fully saturated rings. The average molecular weight is 186 g/mol. The van der Waals surface area contributed by atoms with E-state index in [0.717, 1.165) is 18.0 Å². The number of nitrogens with zero attached hydrogens (tertiary/aromatic N) is 1. The fourth-order valence-electron chi connectivity index (χ4n) is 1.89. The summed E-state index contributed by atoms with van der Waals surface area (Å²) < 4.78 is 0. The van der Waals surface area contributed by atoms with Crippen molar-refractivity contribution in [3.05, 3.63) is 0 Å². The molecule has 2 saturated heterocycles. The van der Waals surface area contributed by atoms with Crippen molar-refractivity contribution < 1.29 is 0 Å². The lowest BCUT2D eigenvalue weighted by molar-refractivity contribution is -0.0401. The third-order valence-electron chi connectivity index (χ3n) is 2.81. The molecule has 2 bridgehead atoms. The van der Waals surface area contributed by atoms with Crippen molar-refractivity contribution in [1.82, 2.24) is 10.4 Å². The van der Waals surface area contributed by atoms with Gasteiger partial charge >= 0.3 is 0 Å². The molecule has 1 saturated carbocycles. The standard InChI is InChI=1S/C7H14N2.2C2H6/c1-5-6-3-7(4-6)9(2)8-5;2*1-2/h5-8H,3-4H2,1-2H3;2*1-2H3. The Labute approximate surface area is 83.7 Å². The first kappa shape index (κ1) is 12.9. The third kappa shape index (κ3) is 2.96. The smallest absolute Gasteiger partial charge is 0.0247 e. The van der Waals surface area contributed by atoms with Crippen LogP contribution >= 0.6 is 0 Å². The van der Waals surface area contributed by atoms with Crippen LogP contribution in [0.1, 0.15) is 47.5 Å². The van der Waals surface area contributed by atoms with E-state index in [1.165, 1.54) is 12.8 Å². The summed E-state index contributed by atoms with van der Waals surface area (Å²) >= 11 is 0. The van der Waals surface area contributed by atoms with Gasteiger partial charge in [-0.15, -0.1) is 0 Å². The summed E-state index contributed by atoms with van der Waals surface area (Å²) in [5, 5.41) is 2.27. The Kier molecular flexibility index (Phi) is 6.35. The maximum atomic E-state index is 3.41. The number of hydrazine groups is 1. The van der Waals surface area contributed by atoms with Gasteiger partial charge in [0.05, 0.1) is 0 Å². The van der Waals surface area contributed by atoms with Gasteiger partial charge in [0.2, 0.25) is 0 Å². The van der Waals surface area contributed by atoms with Gasteiger partial charge in [-0.25, -0.2) is 5.01 Å². The SMILES string of the molecule is CC.CC.CC1NN(C)C2CC1C2. The Bertz CT molecular complexity index is 107. The van der Waals surface area contributed by atoms with E-state index in [9.17, 15) is 0 Å². The number of fused-ring (bicyclic) bond motifs is 2. The van der Waals surface area contributed by atoms with Crippen molar-refractivity contribution in [2.24, 2.45) is 5.92 Å². The van der Waals surface area contributed by atoms with Crippen LogP contribution in [-0.4, -0.2) is 24.1 Å². The van der Waals surface area contributed by atoms with Crippen LogP contribution in [0.15, 0.2) is 0 Å². The van der Waals surface area contributed by atoms with Crippen molar-refractivity contribution in [2.45, 2.75) is 59.5 Å². The van der Waals surface area contributed by atoms with E-state index in [1.807, 2.05) is 27.7 Å². The van der Waals surface area contributed by atoms with E-state index < -0.39 is 0 Å². The highest BCUT2D eigenvalue weighted by molar-refractivity contribution is 4.94. The lowest BCUT2D eigenvalue weighted by atomic mass is 9.74. The highest BCUT2D eigenvalue weighted by atomic mass is 15.5. The number of nitrogens with one attached hydrogen (secondary N) is 1. The molecule has 3 rings (SSSR count). The van der Waals surface area contributed by atoms with Crippen molar-refractivity contribution >= 4 is 0 Å². The third-order valence-corrected chi connectivity index (χ3v) is 2.81. The maximum absolute atomic E-state index is 3.41. The van der Waals surface area contributed by atoms with Crippen LogP contribution in [0.2, 0.25) is 0 Å². The van der Waals surface area contributed by atoms with Gasteiger partial charge in [-0.3, -0.25) is 5.43 Å². The van der Waals surface area contributed by atoms with Gasteiger partial charge in [-0.2, -0.15) is 0 Å². The van der Waals surface area contributed by atoms with E-state index in [0.29, 0.717) is 0 Å². The van der Waals surface area contributed by atoms with Crippen LogP contribution in [0, 0.1) is 5.92 Å². The predicted octanol–water partition coefficient (Wildman–Crippen LogP) is 2.66. The summed E-state index contributed by atoms with van der Waals surface area (Å²) in [6.45, 7) is 10.3. The Morgan fingerprint density at radius 3 is 1.77 bits per heavy atom. The van der Waals surface area contributed by atoms with Gasteiger partial charge in [-0.05, 0) is 25.7 Å². The summed E-state index contributed by atoms with van der Waals surface area (Å²) in [7, 11) is 2.15. The minimum atomic E-state index is 0.722. The molecular formula is C11H26N2. The zero-order valence-corrected chi connectivity index (χ0v) is 10.1. The summed E-state index contributed by atoms with van der Waals surface area (Å²) in [5.41, 5.74) is 3.41. The molecule has 0 spiro atoms. The van der Waals surface area contributed by atoms with Gasteiger partial charge in [-0.1, -0.05) is 27.7 Å². The summed E-state index contributed by atoms with van der Waals surface area (Å²) in [5.74, 6) is 0.978. The Morgan fingerprint density at radius 1 is 1.08 bits per heavy atom. The average Bonchev–Trinajstić information content (AvgIpc) is 2.08. The fourth-order valence-corrected chi connectivity index (χ4v) is 1.89. The highest BCUT2D eigenvalue weighted by Crippen LogP contribution is 2.36. The molecule has 80 valence electrons. The molecule has 0 aromatic carbocycles. The Balaban J connectivity index is 0.000000322. The van der Waals surface area contributed by atoms with E-state index >= 15 is 0 Å². The van der Waals surface area contributed by atoms with Crippen LogP contribution in [0.5, 0.6) is 0 Å². The van der Waals surface area contributed by atoms with E-state index in [4.69, 9.17) is 0 Å². The zero-order valence-electron chi connectivity index (χ0n) is 10.1. The first-order valence-electron chi connectivity index (χ1n) is 5.76. The van der Waals surface area contributed by atoms with Crippen LogP contribution in [-0.2, 0) is 0 Å². The molecule has 1 N–H and O–H groups in total. The number of hydrogen-bond donors (Lipinski definition) is 1. The van der Waals surface area contributed by atoms with E-state index in [2.05, 4.69) is 24.4 Å². The molecule has 13 heavy (non-hydrogen) atoms. The fraction of sp³-hybridized carbons (Fsp3) is 1.00. The van der Waals surface area contributed by atoms with E-state index in [1.54, 1.807) is 0 Å². The van der Waals surface area contributed by atoms with Crippen molar-refractivity contribution in [3.8, 4) is 0 Å². The van der Waals surface area contributed by atoms with Crippen LogP contribution in [0.4, 0.5) is 0 Å². The van der Waals surface area contributed by atoms with Crippen LogP contribution in [0.3, 0.4) is 0 Å². The molecule has 1 unspecified atom stereocenters. The molecule has 0 amide bonds. The molecule has 0 aromatic heterocycles. The molecule has 2 heterocycles. The summed E-state index contributed by atoms with van der Waals surface area (Å²) in [6.07, 6.45) is 2.84. The second kappa shape index (κ2) is 6.39. The summed E-state index contributed by atoms with van der Waals surface area (Å²) in [4.78, 5) is 0. The number of hydrogen-bond acceptors (Lipinski definition) is 2. The van der Waals surface area contributed by atoms with Gasteiger partial charge in [0.25, 0.3) is 0 Å². The molecule has 0 aromatic rings. The molecule has 3 aliphatic rings. The maximum Gasteiger partial charge on any atom is 0.0247 e. The van der Waals surface area contributed by atoms with Gasteiger partial charge < -0.3 is 0 Å². The number of rotatable bonds is 0. The largest absolute Gasteiger partial charge is 0.252 e. The topological polar surface area (TPSA) is 15.3 Å². The molecular weight excluding hydrogens is 160 g/mol. The van der Waals surface area contributed by atoms with Crippen LogP contribution in [0.25, 0.3) is 0 Å². The van der Waals surface area contributed by atoms with Gasteiger partial charge in [0.1, 0.15) is 0 Å². The van der Waals surface area contributed by atoms with Crippen molar-refractivity contribution in [3.63, 3.8) is 0 Å². The Hall–Kier alpha value is -0.0800. The lowest BCUT2D eigenvalue weighted by Crippen LogP contribution is -2.63. The van der Waals surface area contributed by atoms with Gasteiger partial charge in [0, 0.05) is 19.1 Å². The second-order valence-corrected chi connectivity index (χ2v) is 3.41. The molecule has 2 nitrogen and oxygen atoms in total. The molecule has 1 atom stereocenters. The quantitative estimate of drug-likeness (QED) is 0.625. The molecule has 0 radical (unpaired) electrons. The minimum Gasteiger partial charge on any atom is -0.252 e. The predicted molar refractivity (Wildman–Crippen MR) is 59.6 cm³/mol. The zero-order chi connectivity index (χ0) is 10.4. The lowest BCUT2D eigenvalue weighted by Gasteiger charge is -2.51. The minimum absolute atomic E-state index is 0.722. The summed E-state index contributed by atoms with van der Waals surface area (Å²) in [6, 6.07) is 1.58. The van der Waals surface area contributed by atoms with E-state index in [-0.39, 0.29) is 0 Å². The Morgan fingerprint density at radius 2 is 1.54 bits per heavy atom. The normalized spacial score (nSPS) is 36.0. The molecule has 1 aliphatic carbocycles. The molecule has 2 heteroatoms. The monoisotopic (exact) mass is 186 g/mol. The van der Waals surface area contributed by atoms with Crippen molar-refractivity contribution in [2.75, 3.05) is 7.05 Å². The van der Waals surface area contributed by atoms with Gasteiger partial charge in [0.15, 0.2) is 0 Å². The van der Waals surface area contributed by atoms with Crippen LogP contribution < -0.4 is 5.43 Å². The first-order chi connectivity index (χ1) is 6.27.